The van der Waals surface area contributed by atoms with E-state index in [0.29, 0.717) is 45.9 Å². The smallest absolute Gasteiger partial charge is 0.298 e. The molecule has 0 spiro atoms. The van der Waals surface area contributed by atoms with Crippen LogP contribution in [0.3, 0.4) is 0 Å². The van der Waals surface area contributed by atoms with Crippen molar-refractivity contribution in [1.29, 1.82) is 0 Å². The molecule has 3 aromatic carbocycles. The van der Waals surface area contributed by atoms with E-state index < -0.39 is 0 Å². The molecule has 1 saturated heterocycles. The maximum absolute atomic E-state index is 12.9. The Hall–Kier alpha value is -3.22. The number of hydrogen-bond donors (Lipinski definition) is 0. The monoisotopic (exact) mass is 479 g/mol. The van der Waals surface area contributed by atoms with Crippen LogP contribution in [-0.4, -0.2) is 17.8 Å². The number of carbonyl (C=O) groups is 2. The Morgan fingerprint density at radius 1 is 1.00 bits per heavy atom. The van der Waals surface area contributed by atoms with Crippen LogP contribution >= 0.6 is 23.4 Å². The van der Waals surface area contributed by atoms with Gasteiger partial charge in [0.2, 0.25) is 0 Å². The number of halogens is 1. The molecule has 168 valence electrons. The van der Waals surface area contributed by atoms with Crippen LogP contribution in [0.4, 0.5) is 10.5 Å². The van der Waals surface area contributed by atoms with Crippen molar-refractivity contribution in [2.75, 3.05) is 11.5 Å². The van der Waals surface area contributed by atoms with Crippen LogP contribution in [0.1, 0.15) is 23.6 Å². The van der Waals surface area contributed by atoms with Crippen molar-refractivity contribution < 1.29 is 19.1 Å². The average molecular weight is 480 g/mol. The predicted octanol–water partition coefficient (Wildman–Crippen LogP) is 6.87. The SMILES string of the molecule is CCOc1cc(/C=C2\SC(=O)N(c3ccccc3)C2=O)cc(Cl)c1OCc1cccc(C)c1. The Morgan fingerprint density at radius 2 is 1.79 bits per heavy atom. The van der Waals surface area contributed by atoms with E-state index in [1.165, 1.54) is 4.90 Å². The first kappa shape index (κ1) is 23.0. The van der Waals surface area contributed by atoms with Gasteiger partial charge in [-0.2, -0.15) is 0 Å². The van der Waals surface area contributed by atoms with Crippen LogP contribution < -0.4 is 14.4 Å². The van der Waals surface area contributed by atoms with Gasteiger partial charge in [-0.15, -0.1) is 0 Å². The lowest BCUT2D eigenvalue weighted by Gasteiger charge is -2.15. The van der Waals surface area contributed by atoms with Crippen LogP contribution in [0.15, 0.2) is 71.6 Å². The molecule has 0 radical (unpaired) electrons. The lowest BCUT2D eigenvalue weighted by atomic mass is 10.1. The van der Waals surface area contributed by atoms with Gasteiger partial charge in [0.15, 0.2) is 11.5 Å². The van der Waals surface area contributed by atoms with Crippen LogP contribution in [0.2, 0.25) is 5.02 Å². The minimum Gasteiger partial charge on any atom is -0.490 e. The first-order valence-corrected chi connectivity index (χ1v) is 11.6. The topological polar surface area (TPSA) is 55.8 Å². The van der Waals surface area contributed by atoms with Crippen LogP contribution in [-0.2, 0) is 11.4 Å². The first-order chi connectivity index (χ1) is 16.0. The number of thioether (sulfide) groups is 1. The number of imide groups is 1. The zero-order valence-corrected chi connectivity index (χ0v) is 19.8. The second-order valence-electron chi connectivity index (χ2n) is 7.39. The van der Waals surface area contributed by atoms with Crippen LogP contribution in [0.25, 0.3) is 6.08 Å². The summed E-state index contributed by atoms with van der Waals surface area (Å²) in [4.78, 5) is 26.9. The standard InChI is InChI=1S/C26H22ClNO4S/c1-3-31-22-14-19(13-21(27)24(22)32-16-18-9-7-8-17(2)12-18)15-23-25(29)28(26(30)33-23)20-10-5-4-6-11-20/h4-15H,3,16H2,1-2H3/b23-15-. The highest BCUT2D eigenvalue weighted by molar-refractivity contribution is 8.19. The second-order valence-corrected chi connectivity index (χ2v) is 8.79. The summed E-state index contributed by atoms with van der Waals surface area (Å²) in [6, 6.07) is 20.3. The van der Waals surface area contributed by atoms with Gasteiger partial charge in [0, 0.05) is 0 Å². The molecule has 1 heterocycles. The van der Waals surface area contributed by atoms with E-state index in [2.05, 4.69) is 0 Å². The number of carbonyl (C=O) groups excluding carboxylic acids is 2. The summed E-state index contributed by atoms with van der Waals surface area (Å²) in [5, 5.41) is 0.0221. The largest absolute Gasteiger partial charge is 0.490 e. The molecule has 0 N–H and O–H groups in total. The average Bonchev–Trinajstić information content (AvgIpc) is 3.06. The summed E-state index contributed by atoms with van der Waals surface area (Å²) < 4.78 is 11.8. The summed E-state index contributed by atoms with van der Waals surface area (Å²) >= 11 is 7.43. The molecule has 33 heavy (non-hydrogen) atoms. The Bertz CT molecular complexity index is 1230. The minimum atomic E-state index is -0.370. The predicted molar refractivity (Wildman–Crippen MR) is 133 cm³/mol. The molecule has 0 atom stereocenters. The number of rotatable bonds is 7. The molecule has 0 saturated carbocycles. The normalized spacial score (nSPS) is 14.8. The summed E-state index contributed by atoms with van der Waals surface area (Å²) in [5.74, 6) is 0.547. The van der Waals surface area contributed by atoms with Crippen molar-refractivity contribution in [3.63, 3.8) is 0 Å². The van der Waals surface area contributed by atoms with Crippen molar-refractivity contribution >= 4 is 46.3 Å². The van der Waals surface area contributed by atoms with E-state index in [4.69, 9.17) is 21.1 Å². The molecule has 0 aromatic heterocycles. The van der Waals surface area contributed by atoms with E-state index in [-0.39, 0.29) is 11.1 Å². The third-order valence-corrected chi connectivity index (χ3v) is 6.05. The van der Waals surface area contributed by atoms with E-state index in [0.717, 1.165) is 22.9 Å². The quantitative estimate of drug-likeness (QED) is 0.346. The van der Waals surface area contributed by atoms with Crippen molar-refractivity contribution in [2.45, 2.75) is 20.5 Å². The van der Waals surface area contributed by atoms with Gasteiger partial charge in [-0.3, -0.25) is 9.59 Å². The van der Waals surface area contributed by atoms with Gasteiger partial charge in [0.05, 0.1) is 22.2 Å². The molecule has 3 aromatic rings. The molecule has 1 fully saturated rings. The van der Waals surface area contributed by atoms with Crippen molar-refractivity contribution in [1.82, 2.24) is 0 Å². The Balaban J connectivity index is 1.60. The first-order valence-electron chi connectivity index (χ1n) is 10.4. The number of ether oxygens (including phenoxy) is 2. The highest BCUT2D eigenvalue weighted by Crippen LogP contribution is 2.40. The molecule has 1 aliphatic rings. The number of nitrogens with zero attached hydrogens (tertiary/aromatic N) is 1. The highest BCUT2D eigenvalue weighted by atomic mass is 35.5. The van der Waals surface area contributed by atoms with Crippen LogP contribution in [0.5, 0.6) is 11.5 Å². The van der Waals surface area contributed by atoms with Gasteiger partial charge in [0.1, 0.15) is 6.61 Å². The Kier molecular flexibility index (Phi) is 7.06. The van der Waals surface area contributed by atoms with Crippen LogP contribution in [0, 0.1) is 6.92 Å². The maximum Gasteiger partial charge on any atom is 0.298 e. The molecular weight excluding hydrogens is 458 g/mol. The lowest BCUT2D eigenvalue weighted by molar-refractivity contribution is -0.113. The molecular formula is C26H22ClNO4S. The van der Waals surface area contributed by atoms with E-state index in [1.54, 1.807) is 42.5 Å². The van der Waals surface area contributed by atoms with Crippen molar-refractivity contribution in [3.8, 4) is 11.5 Å². The van der Waals surface area contributed by atoms with E-state index >= 15 is 0 Å². The van der Waals surface area contributed by atoms with Gasteiger partial charge in [-0.25, -0.2) is 4.90 Å². The second kappa shape index (κ2) is 10.1. The van der Waals surface area contributed by atoms with Crippen molar-refractivity contribution in [3.05, 3.63) is 93.3 Å². The van der Waals surface area contributed by atoms with Gasteiger partial charge in [-0.05, 0) is 67.1 Å². The number of hydrogen-bond acceptors (Lipinski definition) is 5. The third-order valence-electron chi connectivity index (χ3n) is 4.90. The minimum absolute atomic E-state index is 0.316. The Morgan fingerprint density at radius 3 is 2.52 bits per heavy atom. The third kappa shape index (κ3) is 5.24. The number of anilines is 1. The van der Waals surface area contributed by atoms with Gasteiger partial charge >= 0.3 is 0 Å². The zero-order chi connectivity index (χ0) is 23.4. The molecule has 4 rings (SSSR count). The fourth-order valence-electron chi connectivity index (χ4n) is 3.45. The molecule has 0 aliphatic carbocycles. The number of para-hydroxylation sites is 1. The summed E-state index contributed by atoms with van der Waals surface area (Å²) in [7, 11) is 0. The molecule has 5 nitrogen and oxygen atoms in total. The van der Waals surface area contributed by atoms with E-state index in [9.17, 15) is 9.59 Å². The highest BCUT2D eigenvalue weighted by Gasteiger charge is 2.36. The molecule has 1 aliphatic heterocycles. The number of aryl methyl sites for hydroxylation is 1. The molecule has 0 bridgehead atoms. The fourth-order valence-corrected chi connectivity index (χ4v) is 4.57. The Labute approximate surface area is 202 Å². The summed E-state index contributed by atoms with van der Waals surface area (Å²) in [6.45, 7) is 4.66. The van der Waals surface area contributed by atoms with Gasteiger partial charge < -0.3 is 9.47 Å². The molecule has 2 amide bonds. The molecule has 0 unspecified atom stereocenters. The summed E-state index contributed by atoms with van der Waals surface area (Å²) in [5.41, 5.74) is 3.35. The fraction of sp³-hybridized carbons (Fsp3) is 0.154. The number of benzene rings is 3. The molecule has 7 heteroatoms. The van der Waals surface area contributed by atoms with Gasteiger partial charge in [0.25, 0.3) is 11.1 Å². The maximum atomic E-state index is 12.9. The zero-order valence-electron chi connectivity index (χ0n) is 18.2. The van der Waals surface area contributed by atoms with E-state index in [1.807, 2.05) is 44.2 Å². The summed E-state index contributed by atoms with van der Waals surface area (Å²) in [6.07, 6.45) is 1.65. The number of amides is 2. The van der Waals surface area contributed by atoms with Crippen molar-refractivity contribution in [2.24, 2.45) is 0 Å². The van der Waals surface area contributed by atoms with Gasteiger partial charge in [-0.1, -0.05) is 59.6 Å². The lowest BCUT2D eigenvalue weighted by Crippen LogP contribution is -2.27.